The lowest BCUT2D eigenvalue weighted by Crippen LogP contribution is -2.38. The number of halogens is 4. The maximum Gasteiger partial charge on any atom is 0.417 e. The molecule has 1 N–H and O–H groups in total. The van der Waals surface area contributed by atoms with Gasteiger partial charge in [0.1, 0.15) is 5.82 Å². The Morgan fingerprint density at radius 1 is 1.17 bits per heavy atom. The van der Waals surface area contributed by atoms with Crippen LogP contribution in [0.4, 0.5) is 23.2 Å². The van der Waals surface area contributed by atoms with Gasteiger partial charge in [-0.25, -0.2) is 4.39 Å². The number of nitriles is 1. The van der Waals surface area contributed by atoms with Crippen molar-refractivity contribution in [3.8, 4) is 6.07 Å². The fourth-order valence-electron chi connectivity index (χ4n) is 2.97. The van der Waals surface area contributed by atoms with Crippen LogP contribution in [0.15, 0.2) is 42.5 Å². The average molecular weight is 405 g/mol. The van der Waals surface area contributed by atoms with Crippen molar-refractivity contribution in [3.63, 3.8) is 0 Å². The minimum atomic E-state index is -4.66. The van der Waals surface area contributed by atoms with Crippen molar-refractivity contribution >= 4 is 11.6 Å². The SMILES string of the molecule is N#Cc1ccc(N(CC(=O)NCc2ccc(F)cc2)CC2CC2)cc1C(F)(F)F. The fraction of sp³-hybridized carbons (Fsp3) is 0.333. The molecular formula is C21H19F4N3O. The van der Waals surface area contributed by atoms with E-state index in [0.717, 1.165) is 25.0 Å². The summed E-state index contributed by atoms with van der Waals surface area (Å²) < 4.78 is 52.8. The molecule has 0 aromatic heterocycles. The van der Waals surface area contributed by atoms with Gasteiger partial charge in [-0.05, 0) is 54.7 Å². The van der Waals surface area contributed by atoms with Gasteiger partial charge >= 0.3 is 6.18 Å². The highest BCUT2D eigenvalue weighted by atomic mass is 19.4. The van der Waals surface area contributed by atoms with E-state index in [2.05, 4.69) is 5.32 Å². The summed E-state index contributed by atoms with van der Waals surface area (Å²) in [6, 6.07) is 10.7. The monoisotopic (exact) mass is 405 g/mol. The Morgan fingerprint density at radius 3 is 2.45 bits per heavy atom. The van der Waals surface area contributed by atoms with Crippen LogP contribution in [0.5, 0.6) is 0 Å². The summed E-state index contributed by atoms with van der Waals surface area (Å²) in [5.41, 5.74) is -0.496. The molecule has 2 aromatic rings. The van der Waals surface area contributed by atoms with E-state index in [1.807, 2.05) is 0 Å². The zero-order valence-corrected chi connectivity index (χ0v) is 15.5. The molecule has 1 saturated carbocycles. The van der Waals surface area contributed by atoms with Crippen LogP contribution >= 0.6 is 0 Å². The predicted octanol–water partition coefficient (Wildman–Crippen LogP) is 4.25. The molecular weight excluding hydrogens is 386 g/mol. The first-order valence-electron chi connectivity index (χ1n) is 9.13. The number of carbonyl (C=O) groups excluding carboxylic acids is 1. The summed E-state index contributed by atoms with van der Waals surface area (Å²) in [5.74, 6) is -0.394. The summed E-state index contributed by atoms with van der Waals surface area (Å²) in [6.45, 7) is 0.547. The number of carbonyl (C=O) groups is 1. The Kier molecular flexibility index (Phi) is 6.06. The molecule has 0 spiro atoms. The number of anilines is 1. The second kappa shape index (κ2) is 8.52. The van der Waals surface area contributed by atoms with Gasteiger partial charge in [0.2, 0.25) is 5.91 Å². The summed E-state index contributed by atoms with van der Waals surface area (Å²) >= 11 is 0. The van der Waals surface area contributed by atoms with E-state index >= 15 is 0 Å². The van der Waals surface area contributed by atoms with E-state index in [0.29, 0.717) is 18.0 Å². The molecule has 0 atom stereocenters. The molecule has 1 fully saturated rings. The molecule has 0 saturated heterocycles. The highest BCUT2D eigenvalue weighted by Crippen LogP contribution is 2.36. The van der Waals surface area contributed by atoms with Gasteiger partial charge in [-0.2, -0.15) is 18.4 Å². The minimum Gasteiger partial charge on any atom is -0.362 e. The van der Waals surface area contributed by atoms with Gasteiger partial charge in [-0.3, -0.25) is 4.79 Å². The number of benzene rings is 2. The van der Waals surface area contributed by atoms with Gasteiger partial charge in [0, 0.05) is 18.8 Å². The van der Waals surface area contributed by atoms with Crippen molar-refractivity contribution < 1.29 is 22.4 Å². The minimum absolute atomic E-state index is 0.110. The number of hydrogen-bond acceptors (Lipinski definition) is 3. The van der Waals surface area contributed by atoms with Crippen molar-refractivity contribution in [3.05, 3.63) is 65.0 Å². The van der Waals surface area contributed by atoms with E-state index in [4.69, 9.17) is 5.26 Å². The Balaban J connectivity index is 1.73. The molecule has 0 unspecified atom stereocenters. The van der Waals surface area contributed by atoms with Gasteiger partial charge in [-0.1, -0.05) is 12.1 Å². The number of rotatable bonds is 7. The molecule has 0 heterocycles. The zero-order valence-electron chi connectivity index (χ0n) is 15.5. The van der Waals surface area contributed by atoms with Crippen molar-refractivity contribution in [1.82, 2.24) is 5.32 Å². The highest BCUT2D eigenvalue weighted by Gasteiger charge is 2.35. The fourth-order valence-corrected chi connectivity index (χ4v) is 2.97. The van der Waals surface area contributed by atoms with Crippen molar-refractivity contribution in [2.75, 3.05) is 18.0 Å². The Labute approximate surface area is 165 Å². The maximum absolute atomic E-state index is 13.3. The first kappa shape index (κ1) is 20.6. The number of hydrogen-bond donors (Lipinski definition) is 1. The van der Waals surface area contributed by atoms with E-state index in [9.17, 15) is 22.4 Å². The topological polar surface area (TPSA) is 56.1 Å². The maximum atomic E-state index is 13.3. The van der Waals surface area contributed by atoms with E-state index in [1.165, 1.54) is 18.2 Å². The van der Waals surface area contributed by atoms with Gasteiger partial charge in [-0.15, -0.1) is 0 Å². The number of nitrogens with zero attached hydrogens (tertiary/aromatic N) is 2. The lowest BCUT2D eigenvalue weighted by Gasteiger charge is -2.25. The standard InChI is InChI=1S/C21H19F4N3O/c22-17-6-3-14(4-7-17)11-27-20(29)13-28(12-15-1-2-15)18-8-5-16(10-26)19(9-18)21(23,24)25/h3-9,15H,1-2,11-13H2,(H,27,29). The Hall–Kier alpha value is -3.08. The molecule has 1 aliphatic rings. The third-order valence-electron chi connectivity index (χ3n) is 4.71. The quantitative estimate of drug-likeness (QED) is 0.701. The molecule has 0 bridgehead atoms. The van der Waals surface area contributed by atoms with Crippen LogP contribution in [-0.2, 0) is 17.5 Å². The molecule has 29 heavy (non-hydrogen) atoms. The van der Waals surface area contributed by atoms with Crippen molar-refractivity contribution in [2.45, 2.75) is 25.6 Å². The molecule has 1 amide bonds. The summed E-state index contributed by atoms with van der Waals surface area (Å²) in [4.78, 5) is 14.0. The third kappa shape index (κ3) is 5.70. The summed E-state index contributed by atoms with van der Waals surface area (Å²) in [6.07, 6.45) is -2.72. The smallest absolute Gasteiger partial charge is 0.362 e. The molecule has 0 aliphatic heterocycles. The predicted molar refractivity (Wildman–Crippen MR) is 99.3 cm³/mol. The van der Waals surface area contributed by atoms with Crippen LogP contribution in [0.3, 0.4) is 0 Å². The van der Waals surface area contributed by atoms with Gasteiger partial charge in [0.15, 0.2) is 0 Å². The molecule has 2 aromatic carbocycles. The van der Waals surface area contributed by atoms with Crippen LogP contribution in [0.25, 0.3) is 0 Å². The number of alkyl halides is 3. The lowest BCUT2D eigenvalue weighted by atomic mass is 10.1. The van der Waals surface area contributed by atoms with Crippen LogP contribution in [0, 0.1) is 23.1 Å². The van der Waals surface area contributed by atoms with Gasteiger partial charge in [0.25, 0.3) is 0 Å². The van der Waals surface area contributed by atoms with Crippen molar-refractivity contribution in [2.24, 2.45) is 5.92 Å². The molecule has 0 radical (unpaired) electrons. The van der Waals surface area contributed by atoms with Gasteiger partial charge < -0.3 is 10.2 Å². The lowest BCUT2D eigenvalue weighted by molar-refractivity contribution is -0.137. The summed E-state index contributed by atoms with van der Waals surface area (Å²) in [5, 5.41) is 11.7. The molecule has 152 valence electrons. The van der Waals surface area contributed by atoms with Crippen LogP contribution < -0.4 is 10.2 Å². The second-order valence-corrected chi connectivity index (χ2v) is 7.07. The molecule has 1 aliphatic carbocycles. The largest absolute Gasteiger partial charge is 0.417 e. The summed E-state index contributed by atoms with van der Waals surface area (Å²) in [7, 11) is 0. The van der Waals surface area contributed by atoms with Crippen molar-refractivity contribution in [1.29, 1.82) is 5.26 Å². The van der Waals surface area contributed by atoms with Crippen LogP contribution in [-0.4, -0.2) is 19.0 Å². The van der Waals surface area contributed by atoms with E-state index in [-0.39, 0.29) is 30.5 Å². The normalized spacial score (nSPS) is 13.6. The first-order chi connectivity index (χ1) is 13.8. The second-order valence-electron chi connectivity index (χ2n) is 7.07. The molecule has 3 rings (SSSR count). The average Bonchev–Trinajstić information content (AvgIpc) is 3.50. The van der Waals surface area contributed by atoms with E-state index in [1.54, 1.807) is 23.1 Å². The first-order valence-corrected chi connectivity index (χ1v) is 9.13. The van der Waals surface area contributed by atoms with Crippen LogP contribution in [0.1, 0.15) is 29.5 Å². The van der Waals surface area contributed by atoms with Gasteiger partial charge in [0.05, 0.1) is 23.7 Å². The third-order valence-corrected chi connectivity index (χ3v) is 4.71. The van der Waals surface area contributed by atoms with E-state index < -0.39 is 17.3 Å². The zero-order chi connectivity index (χ0) is 21.0. The molecule has 8 heteroatoms. The Morgan fingerprint density at radius 2 is 1.86 bits per heavy atom. The number of nitrogens with one attached hydrogen (secondary N) is 1. The van der Waals surface area contributed by atoms with Crippen LogP contribution in [0.2, 0.25) is 0 Å². The number of amides is 1. The highest BCUT2D eigenvalue weighted by molar-refractivity contribution is 5.81. The Bertz CT molecular complexity index is 915. The molecule has 4 nitrogen and oxygen atoms in total.